The van der Waals surface area contributed by atoms with Crippen LogP contribution in [0.2, 0.25) is 0 Å². The Morgan fingerprint density at radius 3 is 2.50 bits per heavy atom. The van der Waals surface area contributed by atoms with Gasteiger partial charge in [0.25, 0.3) is 0 Å². The van der Waals surface area contributed by atoms with E-state index in [9.17, 15) is 0 Å². The lowest BCUT2D eigenvalue weighted by Gasteiger charge is -2.32. The van der Waals surface area contributed by atoms with Crippen molar-refractivity contribution >= 4 is 21.8 Å². The van der Waals surface area contributed by atoms with Crippen LogP contribution in [0, 0.1) is 0 Å². The fourth-order valence-electron chi connectivity index (χ4n) is 3.85. The van der Waals surface area contributed by atoms with Gasteiger partial charge in [-0.25, -0.2) is 0 Å². The highest BCUT2D eigenvalue weighted by Gasteiger charge is 2.27. The lowest BCUT2D eigenvalue weighted by Crippen LogP contribution is -2.43. The molecule has 0 radical (unpaired) electrons. The minimum Gasteiger partial charge on any atom is -0.490 e. The van der Waals surface area contributed by atoms with Crippen molar-refractivity contribution < 1.29 is 4.74 Å². The average Bonchev–Trinajstić information content (AvgIpc) is 2.94. The van der Waals surface area contributed by atoms with Crippen LogP contribution in [0.15, 0.2) is 60.9 Å². The maximum atomic E-state index is 5.95. The molecule has 2 heterocycles. The molecule has 1 fully saturated rings. The second-order valence-corrected chi connectivity index (χ2v) is 7.18. The molecule has 4 heteroatoms. The Labute approximate surface area is 152 Å². The van der Waals surface area contributed by atoms with Crippen LogP contribution >= 0.6 is 0 Å². The monoisotopic (exact) mass is 343 g/mol. The summed E-state index contributed by atoms with van der Waals surface area (Å²) < 4.78 is 8.18. The van der Waals surface area contributed by atoms with E-state index in [-0.39, 0.29) is 6.10 Å². The van der Waals surface area contributed by atoms with E-state index in [1.165, 1.54) is 32.9 Å². The van der Waals surface area contributed by atoms with Gasteiger partial charge in [-0.05, 0) is 48.2 Å². The first-order valence-electron chi connectivity index (χ1n) is 9.04. The lowest BCUT2D eigenvalue weighted by atomic mass is 9.90. The molecule has 0 aliphatic heterocycles. The van der Waals surface area contributed by atoms with Gasteiger partial charge in [-0.3, -0.25) is 4.98 Å². The van der Waals surface area contributed by atoms with E-state index in [1.807, 2.05) is 12.4 Å². The second-order valence-electron chi connectivity index (χ2n) is 7.18. The largest absolute Gasteiger partial charge is 0.490 e. The number of aromatic nitrogens is 2. The fourth-order valence-corrected chi connectivity index (χ4v) is 3.85. The van der Waals surface area contributed by atoms with Gasteiger partial charge in [0.15, 0.2) is 0 Å². The first-order valence-corrected chi connectivity index (χ1v) is 9.04. The normalized spacial score (nSPS) is 19.6. The summed E-state index contributed by atoms with van der Waals surface area (Å²) in [7, 11) is 2.11. The summed E-state index contributed by atoms with van der Waals surface area (Å²) >= 11 is 0. The van der Waals surface area contributed by atoms with Crippen molar-refractivity contribution in [3.8, 4) is 16.9 Å². The molecule has 26 heavy (non-hydrogen) atoms. The highest BCUT2D eigenvalue weighted by Crippen LogP contribution is 2.32. The number of pyridine rings is 1. The Hall–Kier alpha value is -2.85. The van der Waals surface area contributed by atoms with E-state index in [1.54, 1.807) is 0 Å². The van der Waals surface area contributed by atoms with Crippen LogP contribution in [0.5, 0.6) is 5.75 Å². The molecule has 1 saturated carbocycles. The molecule has 0 spiro atoms. The summed E-state index contributed by atoms with van der Waals surface area (Å²) in [5.41, 5.74) is 10.6. The van der Waals surface area contributed by atoms with Crippen LogP contribution in [0.25, 0.3) is 32.9 Å². The number of hydrogen-bond acceptors (Lipinski definition) is 3. The highest BCUT2D eigenvalue weighted by molar-refractivity contribution is 6.08. The van der Waals surface area contributed by atoms with Crippen LogP contribution in [0.1, 0.15) is 12.8 Å². The quantitative estimate of drug-likeness (QED) is 0.605. The van der Waals surface area contributed by atoms with Crippen molar-refractivity contribution in [2.24, 2.45) is 12.8 Å². The standard InChI is InChI=1S/C22H21N3O/c1-25-21-8-9-24-13-20(21)19-7-4-15(10-22(19)25)14-2-5-17(6-3-14)26-18-11-16(23)12-18/h2-10,13,16,18H,11-12,23H2,1H3. The number of aryl methyl sites for hydroxylation is 1. The van der Waals surface area contributed by atoms with Crippen molar-refractivity contribution in [1.82, 2.24) is 9.55 Å². The maximum Gasteiger partial charge on any atom is 0.119 e. The molecule has 4 nitrogen and oxygen atoms in total. The van der Waals surface area contributed by atoms with Gasteiger partial charge in [-0.1, -0.05) is 24.3 Å². The Balaban J connectivity index is 1.48. The van der Waals surface area contributed by atoms with Gasteiger partial charge in [0.1, 0.15) is 11.9 Å². The Bertz CT molecular complexity index is 1090. The van der Waals surface area contributed by atoms with Gasteiger partial charge in [0, 0.05) is 41.8 Å². The second kappa shape index (κ2) is 5.85. The molecular formula is C22H21N3O. The minimum atomic E-state index is 0.275. The predicted octanol–water partition coefficient (Wildman–Crippen LogP) is 4.26. The third-order valence-corrected chi connectivity index (χ3v) is 5.43. The van der Waals surface area contributed by atoms with Crippen LogP contribution in [0.3, 0.4) is 0 Å². The SMILES string of the molecule is Cn1c2ccncc2c2ccc(-c3ccc(OC4CC(N)C4)cc3)cc21. The van der Waals surface area contributed by atoms with E-state index in [0.717, 1.165) is 18.6 Å². The van der Waals surface area contributed by atoms with Gasteiger partial charge >= 0.3 is 0 Å². The number of hydrogen-bond donors (Lipinski definition) is 1. The zero-order valence-corrected chi connectivity index (χ0v) is 14.7. The van der Waals surface area contributed by atoms with E-state index in [2.05, 4.69) is 65.1 Å². The number of ether oxygens (including phenoxy) is 1. The highest BCUT2D eigenvalue weighted by atomic mass is 16.5. The summed E-state index contributed by atoms with van der Waals surface area (Å²) in [6, 6.07) is 17.3. The molecular weight excluding hydrogens is 322 g/mol. The summed E-state index contributed by atoms with van der Waals surface area (Å²) in [4.78, 5) is 4.27. The van der Waals surface area contributed by atoms with Crippen molar-refractivity contribution in [3.63, 3.8) is 0 Å². The number of nitrogens with two attached hydrogens (primary N) is 1. The Kier molecular flexibility index (Phi) is 3.47. The van der Waals surface area contributed by atoms with Gasteiger partial charge in [0.05, 0.1) is 5.52 Å². The number of benzene rings is 2. The van der Waals surface area contributed by atoms with Crippen LogP contribution in [0.4, 0.5) is 0 Å². The fraction of sp³-hybridized carbons (Fsp3) is 0.227. The van der Waals surface area contributed by atoms with Crippen LogP contribution < -0.4 is 10.5 Å². The number of fused-ring (bicyclic) bond motifs is 3. The molecule has 1 aliphatic carbocycles. The summed E-state index contributed by atoms with van der Waals surface area (Å²) in [6.45, 7) is 0. The van der Waals surface area contributed by atoms with Crippen molar-refractivity contribution in [3.05, 3.63) is 60.9 Å². The average molecular weight is 343 g/mol. The third kappa shape index (κ3) is 2.45. The van der Waals surface area contributed by atoms with E-state index in [0.29, 0.717) is 6.04 Å². The molecule has 2 aromatic heterocycles. The van der Waals surface area contributed by atoms with E-state index >= 15 is 0 Å². The van der Waals surface area contributed by atoms with Gasteiger partial charge in [-0.2, -0.15) is 0 Å². The first-order chi connectivity index (χ1) is 12.7. The van der Waals surface area contributed by atoms with Crippen LogP contribution in [-0.2, 0) is 7.05 Å². The first kappa shape index (κ1) is 15.4. The number of nitrogens with zero attached hydrogens (tertiary/aromatic N) is 2. The van der Waals surface area contributed by atoms with Gasteiger partial charge in [0.2, 0.25) is 0 Å². The van der Waals surface area contributed by atoms with Gasteiger partial charge < -0.3 is 15.0 Å². The third-order valence-electron chi connectivity index (χ3n) is 5.43. The molecule has 0 saturated heterocycles. The summed E-state index contributed by atoms with van der Waals surface area (Å²) in [5, 5.41) is 2.43. The molecule has 0 unspecified atom stereocenters. The molecule has 0 amide bonds. The maximum absolute atomic E-state index is 5.95. The van der Waals surface area contributed by atoms with Crippen molar-refractivity contribution in [2.45, 2.75) is 25.0 Å². The molecule has 1 aliphatic rings. The van der Waals surface area contributed by atoms with Crippen molar-refractivity contribution in [2.75, 3.05) is 0 Å². The van der Waals surface area contributed by atoms with Gasteiger partial charge in [-0.15, -0.1) is 0 Å². The van der Waals surface area contributed by atoms with Crippen LogP contribution in [-0.4, -0.2) is 21.7 Å². The molecule has 0 bridgehead atoms. The summed E-state index contributed by atoms with van der Waals surface area (Å²) in [6.07, 6.45) is 5.96. The Morgan fingerprint density at radius 1 is 0.962 bits per heavy atom. The smallest absolute Gasteiger partial charge is 0.119 e. The summed E-state index contributed by atoms with van der Waals surface area (Å²) in [5.74, 6) is 0.919. The Morgan fingerprint density at radius 2 is 1.73 bits per heavy atom. The minimum absolute atomic E-state index is 0.275. The molecule has 130 valence electrons. The zero-order valence-electron chi connectivity index (χ0n) is 14.7. The lowest BCUT2D eigenvalue weighted by molar-refractivity contribution is 0.101. The molecule has 2 aromatic carbocycles. The molecule has 4 aromatic rings. The van der Waals surface area contributed by atoms with Crippen molar-refractivity contribution in [1.29, 1.82) is 0 Å². The zero-order chi connectivity index (χ0) is 17.7. The van der Waals surface area contributed by atoms with E-state index < -0.39 is 0 Å². The topological polar surface area (TPSA) is 53.1 Å². The number of rotatable bonds is 3. The van der Waals surface area contributed by atoms with E-state index in [4.69, 9.17) is 10.5 Å². The molecule has 2 N–H and O–H groups in total. The molecule has 5 rings (SSSR count). The molecule has 0 atom stereocenters. The predicted molar refractivity (Wildman–Crippen MR) is 105 cm³/mol.